The summed E-state index contributed by atoms with van der Waals surface area (Å²) in [6.07, 6.45) is 24.9. The van der Waals surface area contributed by atoms with E-state index in [0.717, 1.165) is 6.42 Å². The molecule has 0 saturated heterocycles. The summed E-state index contributed by atoms with van der Waals surface area (Å²) in [5.41, 5.74) is 3.05. The van der Waals surface area contributed by atoms with Gasteiger partial charge in [0.2, 0.25) is 0 Å². The highest BCUT2D eigenvalue weighted by atomic mass is 16.4. The molecule has 1 aromatic carbocycles. The molecule has 1 N–H and O–H groups in total. The standard InChI is InChI=1S/C17H26O2.C13H21N/c1-2-3-4-5-6-7-8-9-10-15-11-13-16(14-12-15)17(18)19;1-2-3-4-5-6-7-8-13-9-11-14-12-10-13/h11-14H,2-10H2,1H3,(H,18,19);9-12H,2-8H2,1H3. The number of benzene rings is 1. The van der Waals surface area contributed by atoms with Crippen LogP contribution in [0.3, 0.4) is 0 Å². The van der Waals surface area contributed by atoms with Gasteiger partial charge < -0.3 is 5.11 Å². The maximum Gasteiger partial charge on any atom is 0.335 e. The maximum absolute atomic E-state index is 10.7. The van der Waals surface area contributed by atoms with Crippen molar-refractivity contribution in [2.45, 2.75) is 117 Å². The number of aryl methyl sites for hydroxylation is 2. The van der Waals surface area contributed by atoms with Crippen molar-refractivity contribution in [2.75, 3.05) is 0 Å². The van der Waals surface area contributed by atoms with Crippen LogP contribution in [0.4, 0.5) is 0 Å². The maximum atomic E-state index is 10.7. The number of aromatic carboxylic acids is 1. The minimum Gasteiger partial charge on any atom is -0.478 e. The Morgan fingerprint density at radius 1 is 0.606 bits per heavy atom. The Labute approximate surface area is 203 Å². The van der Waals surface area contributed by atoms with Crippen molar-refractivity contribution in [3.05, 3.63) is 65.5 Å². The number of hydrogen-bond acceptors (Lipinski definition) is 2. The van der Waals surface area contributed by atoms with Gasteiger partial charge in [0, 0.05) is 12.4 Å². The van der Waals surface area contributed by atoms with E-state index in [0.29, 0.717) is 5.56 Å². The van der Waals surface area contributed by atoms with Crippen molar-refractivity contribution in [3.63, 3.8) is 0 Å². The fourth-order valence-corrected chi connectivity index (χ4v) is 3.94. The predicted molar refractivity (Wildman–Crippen MR) is 141 cm³/mol. The first-order valence-corrected chi connectivity index (χ1v) is 13.4. The Morgan fingerprint density at radius 2 is 1.00 bits per heavy atom. The lowest BCUT2D eigenvalue weighted by Gasteiger charge is -2.03. The summed E-state index contributed by atoms with van der Waals surface area (Å²) >= 11 is 0. The molecule has 0 aliphatic carbocycles. The lowest BCUT2D eigenvalue weighted by atomic mass is 10.0. The van der Waals surface area contributed by atoms with Crippen molar-refractivity contribution >= 4 is 5.97 Å². The molecule has 1 heterocycles. The SMILES string of the molecule is CCCCCCCCCCc1ccc(C(=O)O)cc1.CCCCCCCCc1ccncc1. The molecule has 1 aromatic heterocycles. The second kappa shape index (κ2) is 20.4. The molecule has 3 heteroatoms. The van der Waals surface area contributed by atoms with Crippen LogP contribution in [0.25, 0.3) is 0 Å². The van der Waals surface area contributed by atoms with Gasteiger partial charge in [-0.3, -0.25) is 4.98 Å². The fourth-order valence-electron chi connectivity index (χ4n) is 3.94. The predicted octanol–water partition coefficient (Wildman–Crippen LogP) is 9.05. The van der Waals surface area contributed by atoms with Crippen molar-refractivity contribution in [2.24, 2.45) is 0 Å². The molecule has 0 unspecified atom stereocenters. The molecule has 0 aliphatic heterocycles. The normalized spacial score (nSPS) is 10.5. The zero-order chi connectivity index (χ0) is 24.0. The van der Waals surface area contributed by atoms with Crippen molar-refractivity contribution in [1.29, 1.82) is 0 Å². The van der Waals surface area contributed by atoms with Crippen LogP contribution in [0, 0.1) is 0 Å². The third-order valence-electron chi connectivity index (χ3n) is 6.09. The Kier molecular flexibility index (Phi) is 17.9. The van der Waals surface area contributed by atoms with Crippen LogP contribution in [0.1, 0.15) is 125 Å². The van der Waals surface area contributed by atoms with Crippen LogP contribution >= 0.6 is 0 Å². The number of carboxylic acids is 1. The van der Waals surface area contributed by atoms with Gasteiger partial charge in [0.1, 0.15) is 0 Å². The van der Waals surface area contributed by atoms with Crippen molar-refractivity contribution in [1.82, 2.24) is 4.98 Å². The molecule has 0 bridgehead atoms. The highest BCUT2D eigenvalue weighted by Gasteiger charge is 2.01. The summed E-state index contributed by atoms with van der Waals surface area (Å²) in [6.45, 7) is 4.51. The Morgan fingerprint density at radius 3 is 1.42 bits per heavy atom. The van der Waals surface area contributed by atoms with E-state index < -0.39 is 5.97 Å². The van der Waals surface area contributed by atoms with Crippen LogP contribution in [0.5, 0.6) is 0 Å². The highest BCUT2D eigenvalue weighted by Crippen LogP contribution is 2.12. The molecule has 3 nitrogen and oxygen atoms in total. The number of hydrogen-bond donors (Lipinski definition) is 1. The van der Waals surface area contributed by atoms with E-state index in [2.05, 4.69) is 31.0 Å². The molecule has 184 valence electrons. The summed E-state index contributed by atoms with van der Waals surface area (Å²) in [4.78, 5) is 14.7. The second-order valence-corrected chi connectivity index (χ2v) is 9.10. The molecule has 0 fully saturated rings. The van der Waals surface area contributed by atoms with Gasteiger partial charge in [0.15, 0.2) is 0 Å². The second-order valence-electron chi connectivity index (χ2n) is 9.10. The van der Waals surface area contributed by atoms with Crippen LogP contribution in [-0.2, 0) is 12.8 Å². The lowest BCUT2D eigenvalue weighted by Crippen LogP contribution is -1.96. The zero-order valence-corrected chi connectivity index (χ0v) is 21.2. The monoisotopic (exact) mass is 453 g/mol. The molecule has 0 amide bonds. The smallest absolute Gasteiger partial charge is 0.335 e. The number of aromatic nitrogens is 1. The molecule has 2 rings (SSSR count). The van der Waals surface area contributed by atoms with E-state index in [4.69, 9.17) is 5.11 Å². The average Bonchev–Trinajstić information content (AvgIpc) is 2.84. The Bertz CT molecular complexity index is 697. The summed E-state index contributed by atoms with van der Waals surface area (Å²) in [5.74, 6) is -0.848. The number of unbranched alkanes of at least 4 members (excludes halogenated alkanes) is 12. The minimum atomic E-state index is -0.848. The Balaban J connectivity index is 0.000000346. The van der Waals surface area contributed by atoms with E-state index in [1.165, 1.54) is 107 Å². The number of carbonyl (C=O) groups is 1. The molecule has 0 aliphatic rings. The van der Waals surface area contributed by atoms with Crippen LogP contribution in [0.2, 0.25) is 0 Å². The van der Waals surface area contributed by atoms with Crippen molar-refractivity contribution in [3.8, 4) is 0 Å². The van der Waals surface area contributed by atoms with Crippen LogP contribution < -0.4 is 0 Å². The molecule has 0 atom stereocenters. The summed E-state index contributed by atoms with van der Waals surface area (Å²) in [6, 6.07) is 11.5. The van der Waals surface area contributed by atoms with Gasteiger partial charge in [0.25, 0.3) is 0 Å². The van der Waals surface area contributed by atoms with E-state index in [9.17, 15) is 4.79 Å². The summed E-state index contributed by atoms with van der Waals surface area (Å²) < 4.78 is 0. The van der Waals surface area contributed by atoms with Gasteiger partial charge in [-0.05, 0) is 61.1 Å². The van der Waals surface area contributed by atoms with Gasteiger partial charge in [-0.2, -0.15) is 0 Å². The van der Waals surface area contributed by atoms with E-state index in [-0.39, 0.29) is 0 Å². The fraction of sp³-hybridized carbons (Fsp3) is 0.600. The molecule has 0 saturated carbocycles. The number of carboxylic acid groups (broad SMARTS) is 1. The first-order valence-electron chi connectivity index (χ1n) is 13.4. The van der Waals surface area contributed by atoms with E-state index in [1.807, 2.05) is 24.5 Å². The average molecular weight is 454 g/mol. The number of rotatable bonds is 17. The molecular formula is C30H47NO2. The first-order chi connectivity index (χ1) is 16.2. The molecule has 33 heavy (non-hydrogen) atoms. The molecule has 0 radical (unpaired) electrons. The summed E-state index contributed by atoms with van der Waals surface area (Å²) in [7, 11) is 0. The van der Waals surface area contributed by atoms with E-state index >= 15 is 0 Å². The van der Waals surface area contributed by atoms with Gasteiger partial charge in [-0.1, -0.05) is 103 Å². The highest BCUT2D eigenvalue weighted by molar-refractivity contribution is 5.87. The zero-order valence-electron chi connectivity index (χ0n) is 21.2. The quantitative estimate of drug-likeness (QED) is 0.243. The van der Waals surface area contributed by atoms with Crippen LogP contribution in [-0.4, -0.2) is 16.1 Å². The van der Waals surface area contributed by atoms with Gasteiger partial charge >= 0.3 is 5.97 Å². The Hall–Kier alpha value is -2.16. The summed E-state index contributed by atoms with van der Waals surface area (Å²) in [5, 5.41) is 8.81. The topological polar surface area (TPSA) is 50.2 Å². The number of nitrogens with zero attached hydrogens (tertiary/aromatic N) is 1. The molecule has 0 spiro atoms. The third-order valence-corrected chi connectivity index (χ3v) is 6.09. The minimum absolute atomic E-state index is 0.375. The van der Waals surface area contributed by atoms with Crippen LogP contribution in [0.15, 0.2) is 48.8 Å². The molecule has 2 aromatic rings. The van der Waals surface area contributed by atoms with Gasteiger partial charge in [-0.15, -0.1) is 0 Å². The number of pyridine rings is 1. The van der Waals surface area contributed by atoms with Gasteiger partial charge in [-0.25, -0.2) is 4.79 Å². The molecular weight excluding hydrogens is 406 g/mol. The van der Waals surface area contributed by atoms with Crippen molar-refractivity contribution < 1.29 is 9.90 Å². The third kappa shape index (κ3) is 16.2. The largest absolute Gasteiger partial charge is 0.478 e. The van der Waals surface area contributed by atoms with Gasteiger partial charge in [0.05, 0.1) is 5.56 Å². The first kappa shape index (κ1) is 28.9. The van der Waals surface area contributed by atoms with E-state index in [1.54, 1.807) is 12.1 Å². The lowest BCUT2D eigenvalue weighted by molar-refractivity contribution is 0.0697.